The van der Waals surface area contributed by atoms with Crippen molar-refractivity contribution in [2.75, 3.05) is 6.54 Å². The molecule has 128 valence electrons. The van der Waals surface area contributed by atoms with E-state index in [1.165, 1.54) is 103 Å². The Hall–Kier alpha value is -0.0400. The predicted molar refractivity (Wildman–Crippen MR) is 97.8 cm³/mol. The van der Waals surface area contributed by atoms with E-state index >= 15 is 0 Å². The summed E-state index contributed by atoms with van der Waals surface area (Å²) in [4.78, 5) is 0. The van der Waals surface area contributed by atoms with Gasteiger partial charge in [-0.1, -0.05) is 110 Å². The molecule has 0 atom stereocenters. The van der Waals surface area contributed by atoms with Crippen molar-refractivity contribution >= 4 is 0 Å². The molecule has 0 heterocycles. The van der Waals surface area contributed by atoms with Crippen LogP contribution in [-0.2, 0) is 0 Å². The molecule has 2 N–H and O–H groups in total. The Balaban J connectivity index is 3.02. The Kier molecular flexibility index (Phi) is 18.0. The van der Waals surface area contributed by atoms with Gasteiger partial charge in [-0.25, -0.2) is 0 Å². The summed E-state index contributed by atoms with van der Waals surface area (Å²) in [5.41, 5.74) is 5.50. The van der Waals surface area contributed by atoms with Gasteiger partial charge < -0.3 is 5.73 Å². The van der Waals surface area contributed by atoms with E-state index in [9.17, 15) is 0 Å². The molecule has 0 aromatic heterocycles. The molecule has 0 rings (SSSR count). The smallest absolute Gasteiger partial charge is 0.00773 e. The molecule has 0 aliphatic rings. The average molecular weight is 298 g/mol. The third-order valence-corrected chi connectivity index (χ3v) is 4.97. The normalized spacial score (nSPS) is 11.4. The zero-order valence-corrected chi connectivity index (χ0v) is 15.2. The first kappa shape index (κ1) is 21.0. The molecular weight excluding hydrogens is 254 g/mol. The van der Waals surface area contributed by atoms with Gasteiger partial charge in [-0.3, -0.25) is 0 Å². The van der Waals surface area contributed by atoms with Crippen LogP contribution in [0.1, 0.15) is 117 Å². The lowest BCUT2D eigenvalue weighted by atomic mass is 9.95. The van der Waals surface area contributed by atoms with Crippen LogP contribution in [0.15, 0.2) is 0 Å². The van der Waals surface area contributed by atoms with E-state index in [1.54, 1.807) is 0 Å². The molecule has 1 heteroatoms. The fourth-order valence-electron chi connectivity index (χ4n) is 3.22. The van der Waals surface area contributed by atoms with Gasteiger partial charge in [0.05, 0.1) is 0 Å². The molecule has 0 saturated heterocycles. The lowest BCUT2D eigenvalue weighted by Crippen LogP contribution is -1.97. The van der Waals surface area contributed by atoms with Crippen molar-refractivity contribution in [1.82, 2.24) is 0 Å². The van der Waals surface area contributed by atoms with Gasteiger partial charge in [-0.15, -0.1) is 0 Å². The summed E-state index contributed by atoms with van der Waals surface area (Å²) < 4.78 is 0. The first-order valence-electron chi connectivity index (χ1n) is 10.0. The summed E-state index contributed by atoms with van der Waals surface area (Å²) in [7, 11) is 0. The van der Waals surface area contributed by atoms with E-state index in [2.05, 4.69) is 13.8 Å². The maximum Gasteiger partial charge on any atom is -0.00773 e. The molecule has 1 nitrogen and oxygen atoms in total. The summed E-state index contributed by atoms with van der Waals surface area (Å²) in [6.07, 6.45) is 22.8. The van der Waals surface area contributed by atoms with Crippen LogP contribution < -0.4 is 5.73 Å². The molecule has 0 aliphatic heterocycles. The van der Waals surface area contributed by atoms with Crippen LogP contribution in [0.4, 0.5) is 0 Å². The van der Waals surface area contributed by atoms with Crippen LogP contribution in [0.25, 0.3) is 0 Å². The molecule has 0 aromatic rings. The summed E-state index contributed by atoms with van der Waals surface area (Å²) in [5.74, 6) is 0.995. The maximum atomic E-state index is 5.50. The van der Waals surface area contributed by atoms with Crippen molar-refractivity contribution in [1.29, 1.82) is 0 Å². The van der Waals surface area contributed by atoms with Crippen LogP contribution in [0.3, 0.4) is 0 Å². The second-order valence-corrected chi connectivity index (χ2v) is 6.86. The van der Waals surface area contributed by atoms with Crippen LogP contribution in [0.2, 0.25) is 0 Å². The first-order chi connectivity index (χ1) is 10.3. The first-order valence-corrected chi connectivity index (χ1v) is 10.0. The van der Waals surface area contributed by atoms with Gasteiger partial charge in [0.1, 0.15) is 0 Å². The number of rotatable bonds is 17. The molecule has 0 amide bonds. The highest BCUT2D eigenvalue weighted by Crippen LogP contribution is 2.18. The standard InChI is InChI=1S/C20H43N/c1-3-20(4-2)18-16-14-12-10-8-6-5-7-9-11-13-15-17-19-21/h20H,3-19,21H2,1-2H3. The molecule has 0 bridgehead atoms. The molecule has 0 saturated carbocycles. The number of nitrogens with two attached hydrogens (primary N) is 1. The Morgan fingerprint density at radius 1 is 0.524 bits per heavy atom. The van der Waals surface area contributed by atoms with Crippen molar-refractivity contribution < 1.29 is 0 Å². The number of hydrogen-bond acceptors (Lipinski definition) is 1. The lowest BCUT2D eigenvalue weighted by molar-refractivity contribution is 0.426. The highest BCUT2D eigenvalue weighted by atomic mass is 14.5. The third-order valence-electron chi connectivity index (χ3n) is 4.97. The average Bonchev–Trinajstić information content (AvgIpc) is 2.51. The Labute approximate surface area is 135 Å². The summed E-state index contributed by atoms with van der Waals surface area (Å²) >= 11 is 0. The Bertz CT molecular complexity index is 175. The van der Waals surface area contributed by atoms with Gasteiger partial charge in [0.25, 0.3) is 0 Å². The number of hydrogen-bond donors (Lipinski definition) is 1. The molecule has 0 radical (unpaired) electrons. The molecule has 21 heavy (non-hydrogen) atoms. The molecule has 0 aliphatic carbocycles. The van der Waals surface area contributed by atoms with Crippen molar-refractivity contribution in [2.24, 2.45) is 11.7 Å². The summed E-state index contributed by atoms with van der Waals surface area (Å²) in [6.45, 7) is 5.55. The van der Waals surface area contributed by atoms with Crippen molar-refractivity contribution in [3.63, 3.8) is 0 Å². The van der Waals surface area contributed by atoms with Crippen LogP contribution in [-0.4, -0.2) is 6.54 Å². The monoisotopic (exact) mass is 297 g/mol. The molecule has 0 unspecified atom stereocenters. The minimum absolute atomic E-state index is 0.873. The van der Waals surface area contributed by atoms with Gasteiger partial charge in [-0.2, -0.15) is 0 Å². The minimum Gasteiger partial charge on any atom is -0.330 e. The summed E-state index contributed by atoms with van der Waals surface area (Å²) in [5, 5.41) is 0. The van der Waals surface area contributed by atoms with E-state index in [0.717, 1.165) is 12.5 Å². The molecular formula is C20H43N. The van der Waals surface area contributed by atoms with Crippen molar-refractivity contribution in [2.45, 2.75) is 117 Å². The molecule has 0 aromatic carbocycles. The predicted octanol–water partition coefficient (Wildman–Crippen LogP) is 6.84. The van der Waals surface area contributed by atoms with E-state index in [4.69, 9.17) is 5.73 Å². The zero-order chi connectivity index (χ0) is 15.6. The van der Waals surface area contributed by atoms with Gasteiger partial charge in [-0.05, 0) is 18.9 Å². The van der Waals surface area contributed by atoms with Crippen molar-refractivity contribution in [3.05, 3.63) is 0 Å². The van der Waals surface area contributed by atoms with E-state index in [-0.39, 0.29) is 0 Å². The van der Waals surface area contributed by atoms with Crippen LogP contribution in [0, 0.1) is 5.92 Å². The van der Waals surface area contributed by atoms with E-state index in [1.807, 2.05) is 0 Å². The fraction of sp³-hybridized carbons (Fsp3) is 1.00. The van der Waals surface area contributed by atoms with Gasteiger partial charge in [0, 0.05) is 0 Å². The Morgan fingerprint density at radius 2 is 0.857 bits per heavy atom. The van der Waals surface area contributed by atoms with Crippen LogP contribution in [0.5, 0.6) is 0 Å². The number of unbranched alkanes of at least 4 members (excludes halogenated alkanes) is 12. The van der Waals surface area contributed by atoms with E-state index in [0.29, 0.717) is 0 Å². The second kappa shape index (κ2) is 18.0. The maximum absolute atomic E-state index is 5.50. The van der Waals surface area contributed by atoms with Crippen LogP contribution >= 0.6 is 0 Å². The largest absolute Gasteiger partial charge is 0.330 e. The van der Waals surface area contributed by atoms with Gasteiger partial charge >= 0.3 is 0 Å². The molecule has 0 fully saturated rings. The zero-order valence-electron chi connectivity index (χ0n) is 15.2. The third kappa shape index (κ3) is 16.2. The van der Waals surface area contributed by atoms with Gasteiger partial charge in [0.2, 0.25) is 0 Å². The quantitative estimate of drug-likeness (QED) is 0.292. The summed E-state index contributed by atoms with van der Waals surface area (Å²) in [6, 6.07) is 0. The minimum atomic E-state index is 0.873. The van der Waals surface area contributed by atoms with E-state index < -0.39 is 0 Å². The molecule has 0 spiro atoms. The SMILES string of the molecule is CCC(CC)CCCCCCCCCCCCCCCN. The lowest BCUT2D eigenvalue weighted by Gasteiger charge is -2.11. The van der Waals surface area contributed by atoms with Crippen molar-refractivity contribution in [3.8, 4) is 0 Å². The fourth-order valence-corrected chi connectivity index (χ4v) is 3.22. The second-order valence-electron chi connectivity index (χ2n) is 6.86. The highest BCUT2D eigenvalue weighted by Gasteiger charge is 2.02. The van der Waals surface area contributed by atoms with Gasteiger partial charge in [0.15, 0.2) is 0 Å². The Morgan fingerprint density at radius 3 is 1.19 bits per heavy atom. The topological polar surface area (TPSA) is 26.0 Å². The highest BCUT2D eigenvalue weighted by molar-refractivity contribution is 4.55.